The van der Waals surface area contributed by atoms with E-state index in [4.69, 9.17) is 10.5 Å². The summed E-state index contributed by atoms with van der Waals surface area (Å²) in [5.74, 6) is 0.801. The minimum atomic E-state index is -0.224. The maximum Gasteiger partial charge on any atom is 0.119 e. The second-order valence-corrected chi connectivity index (χ2v) is 5.20. The molecule has 0 saturated heterocycles. The lowest BCUT2D eigenvalue weighted by molar-refractivity contribution is 0.414. The summed E-state index contributed by atoms with van der Waals surface area (Å²) in [5, 5.41) is 4.31. The number of halogens is 1. The topological polar surface area (TPSA) is 53.1 Å². The fraction of sp³-hybridized carbons (Fsp3) is 0.357. The van der Waals surface area contributed by atoms with Crippen molar-refractivity contribution in [2.45, 2.75) is 25.9 Å². The van der Waals surface area contributed by atoms with Crippen LogP contribution >= 0.6 is 15.9 Å². The van der Waals surface area contributed by atoms with Gasteiger partial charge in [0.2, 0.25) is 0 Å². The number of aromatic nitrogens is 2. The fourth-order valence-electron chi connectivity index (χ4n) is 2.05. The van der Waals surface area contributed by atoms with Crippen LogP contribution in [0.25, 0.3) is 0 Å². The highest BCUT2D eigenvalue weighted by atomic mass is 79.9. The summed E-state index contributed by atoms with van der Waals surface area (Å²) in [6.07, 6.45) is 2.82. The summed E-state index contributed by atoms with van der Waals surface area (Å²) in [6.45, 7) is 3.00. The van der Waals surface area contributed by atoms with Crippen molar-refractivity contribution in [3.63, 3.8) is 0 Å². The molecule has 2 aromatic rings. The number of ether oxygens (including phenoxy) is 1. The Morgan fingerprint density at radius 1 is 1.42 bits per heavy atom. The van der Waals surface area contributed by atoms with E-state index in [0.717, 1.165) is 34.4 Å². The van der Waals surface area contributed by atoms with Crippen molar-refractivity contribution in [3.05, 3.63) is 46.2 Å². The molecule has 2 N–H and O–H groups in total. The molecule has 1 aromatic heterocycles. The number of aryl methyl sites for hydroxylation is 1. The molecule has 4 nitrogen and oxygen atoms in total. The molecule has 5 heteroatoms. The molecule has 1 atom stereocenters. The maximum absolute atomic E-state index is 6.37. The first-order valence-electron chi connectivity index (χ1n) is 6.28. The van der Waals surface area contributed by atoms with E-state index < -0.39 is 0 Å². The lowest BCUT2D eigenvalue weighted by Gasteiger charge is -2.16. The van der Waals surface area contributed by atoms with E-state index in [-0.39, 0.29) is 6.04 Å². The molecule has 0 radical (unpaired) electrons. The highest BCUT2D eigenvalue weighted by molar-refractivity contribution is 9.10. The number of methoxy groups -OCH3 is 1. The van der Waals surface area contributed by atoms with Crippen LogP contribution in [0.15, 0.2) is 34.9 Å². The lowest BCUT2D eigenvalue weighted by atomic mass is 10.0. The van der Waals surface area contributed by atoms with Crippen molar-refractivity contribution in [3.8, 4) is 5.75 Å². The summed E-state index contributed by atoms with van der Waals surface area (Å²) < 4.78 is 8.19. The Hall–Kier alpha value is -1.33. The van der Waals surface area contributed by atoms with Crippen molar-refractivity contribution in [2.24, 2.45) is 5.73 Å². The number of rotatable bonds is 5. The maximum atomic E-state index is 6.37. The molecule has 0 bridgehead atoms. The van der Waals surface area contributed by atoms with Crippen LogP contribution in [0.1, 0.15) is 30.6 Å². The molecule has 0 saturated carbocycles. The second kappa shape index (κ2) is 6.21. The van der Waals surface area contributed by atoms with Gasteiger partial charge >= 0.3 is 0 Å². The van der Waals surface area contributed by atoms with Crippen molar-refractivity contribution in [1.82, 2.24) is 9.78 Å². The third kappa shape index (κ3) is 2.98. The minimum absolute atomic E-state index is 0.224. The van der Waals surface area contributed by atoms with Crippen molar-refractivity contribution in [1.29, 1.82) is 0 Å². The first kappa shape index (κ1) is 14.1. The smallest absolute Gasteiger partial charge is 0.119 e. The number of nitrogens with zero attached hydrogens (tertiary/aromatic N) is 2. The zero-order valence-corrected chi connectivity index (χ0v) is 12.7. The van der Waals surface area contributed by atoms with Gasteiger partial charge in [0.1, 0.15) is 5.75 Å². The molecule has 0 aliphatic rings. The molecule has 1 heterocycles. The average Bonchev–Trinajstić information content (AvgIpc) is 2.87. The molecule has 0 fully saturated rings. The normalized spacial score (nSPS) is 12.4. The molecule has 0 aliphatic heterocycles. The van der Waals surface area contributed by atoms with Gasteiger partial charge in [0, 0.05) is 17.2 Å². The first-order chi connectivity index (χ1) is 9.17. The van der Waals surface area contributed by atoms with Crippen molar-refractivity contribution >= 4 is 15.9 Å². The molecule has 102 valence electrons. The zero-order chi connectivity index (χ0) is 13.8. The van der Waals surface area contributed by atoms with Crippen LogP contribution in [-0.2, 0) is 6.54 Å². The lowest BCUT2D eigenvalue weighted by Crippen LogP contribution is -2.18. The highest BCUT2D eigenvalue weighted by Gasteiger charge is 2.17. The summed E-state index contributed by atoms with van der Waals surface area (Å²) >= 11 is 3.54. The number of nitrogens with two attached hydrogens (primary N) is 1. The third-order valence-corrected chi connectivity index (χ3v) is 3.76. The van der Waals surface area contributed by atoms with E-state index in [9.17, 15) is 0 Å². The molecule has 0 amide bonds. The van der Waals surface area contributed by atoms with Crippen LogP contribution < -0.4 is 10.5 Å². The van der Waals surface area contributed by atoms with Gasteiger partial charge in [-0.3, -0.25) is 4.68 Å². The fourth-order valence-corrected chi connectivity index (χ4v) is 2.55. The van der Waals surface area contributed by atoms with Gasteiger partial charge in [-0.2, -0.15) is 5.10 Å². The summed E-state index contributed by atoms with van der Waals surface area (Å²) in [4.78, 5) is 0. The Labute approximate surface area is 121 Å². The van der Waals surface area contributed by atoms with Crippen LogP contribution in [0.5, 0.6) is 5.75 Å². The minimum Gasteiger partial charge on any atom is -0.497 e. The largest absolute Gasteiger partial charge is 0.497 e. The van der Waals surface area contributed by atoms with Crippen LogP contribution in [-0.4, -0.2) is 16.9 Å². The summed E-state index contributed by atoms with van der Waals surface area (Å²) in [7, 11) is 1.65. The Morgan fingerprint density at radius 3 is 2.89 bits per heavy atom. The zero-order valence-electron chi connectivity index (χ0n) is 11.1. The first-order valence-corrected chi connectivity index (χ1v) is 7.07. The third-order valence-electron chi connectivity index (χ3n) is 3.04. The molecule has 2 rings (SSSR count). The molecule has 0 aliphatic carbocycles. The summed E-state index contributed by atoms with van der Waals surface area (Å²) in [5.41, 5.74) is 8.38. The van der Waals surface area contributed by atoms with Gasteiger partial charge in [0.15, 0.2) is 0 Å². The number of hydrogen-bond acceptors (Lipinski definition) is 3. The van der Waals surface area contributed by atoms with Crippen LogP contribution in [0.3, 0.4) is 0 Å². The standard InChI is InChI=1S/C14H18BrN3O/c1-3-8-18-13(6-7-17-18)14(16)11-9-10(19-2)4-5-12(11)15/h4-7,9,14H,3,8,16H2,1-2H3. The average molecular weight is 324 g/mol. The Bertz CT molecular complexity index is 553. The van der Waals surface area contributed by atoms with Crippen LogP contribution in [0, 0.1) is 0 Å². The van der Waals surface area contributed by atoms with E-state index in [1.165, 1.54) is 0 Å². The summed E-state index contributed by atoms with van der Waals surface area (Å²) in [6, 6.07) is 7.56. The number of hydrogen-bond donors (Lipinski definition) is 1. The monoisotopic (exact) mass is 323 g/mol. The quantitative estimate of drug-likeness (QED) is 0.919. The van der Waals surface area contributed by atoms with E-state index in [2.05, 4.69) is 28.0 Å². The molecular formula is C14H18BrN3O. The highest BCUT2D eigenvalue weighted by Crippen LogP contribution is 2.30. The molecule has 0 spiro atoms. The molecular weight excluding hydrogens is 306 g/mol. The SMILES string of the molecule is CCCn1nccc1C(N)c1cc(OC)ccc1Br. The Balaban J connectivity index is 2.37. The van der Waals surface area contributed by atoms with Crippen molar-refractivity contribution < 1.29 is 4.74 Å². The van der Waals surface area contributed by atoms with Gasteiger partial charge in [0.05, 0.1) is 18.8 Å². The van der Waals surface area contributed by atoms with Gasteiger partial charge in [-0.25, -0.2) is 0 Å². The van der Waals surface area contributed by atoms with Gasteiger partial charge in [-0.05, 0) is 36.2 Å². The molecule has 19 heavy (non-hydrogen) atoms. The van der Waals surface area contributed by atoms with Gasteiger partial charge < -0.3 is 10.5 Å². The molecule has 1 aromatic carbocycles. The van der Waals surface area contributed by atoms with Crippen LogP contribution in [0.2, 0.25) is 0 Å². The predicted molar refractivity (Wildman–Crippen MR) is 79.2 cm³/mol. The van der Waals surface area contributed by atoms with E-state index in [1.54, 1.807) is 13.3 Å². The van der Waals surface area contributed by atoms with Gasteiger partial charge in [0.25, 0.3) is 0 Å². The number of benzene rings is 1. The van der Waals surface area contributed by atoms with E-state index in [1.807, 2.05) is 28.9 Å². The predicted octanol–water partition coefficient (Wildman–Crippen LogP) is 3.11. The van der Waals surface area contributed by atoms with Gasteiger partial charge in [-0.15, -0.1) is 0 Å². The van der Waals surface area contributed by atoms with E-state index in [0.29, 0.717) is 0 Å². The Kier molecular flexibility index (Phi) is 4.61. The van der Waals surface area contributed by atoms with Crippen molar-refractivity contribution in [2.75, 3.05) is 7.11 Å². The van der Waals surface area contributed by atoms with Crippen LogP contribution in [0.4, 0.5) is 0 Å². The van der Waals surface area contributed by atoms with E-state index >= 15 is 0 Å². The second-order valence-electron chi connectivity index (χ2n) is 4.34. The van der Waals surface area contributed by atoms with Gasteiger partial charge in [-0.1, -0.05) is 22.9 Å². The molecule has 1 unspecified atom stereocenters. The Morgan fingerprint density at radius 2 is 2.21 bits per heavy atom.